The lowest BCUT2D eigenvalue weighted by Crippen LogP contribution is -2.58. The topological polar surface area (TPSA) is 28.2 Å². The third-order valence-electron chi connectivity index (χ3n) is 3.47. The average molecular weight is 287 g/mol. The molecule has 0 spiro atoms. The van der Waals surface area contributed by atoms with Crippen LogP contribution in [0.5, 0.6) is 0 Å². The third-order valence-corrected chi connectivity index (χ3v) is 3.47. The maximum Gasteiger partial charge on any atom is 0.409 e. The summed E-state index contributed by atoms with van der Waals surface area (Å²) >= 11 is 0. The smallest absolute Gasteiger partial charge is 0.356 e. The number of halogens is 3. The van der Waals surface area contributed by atoms with E-state index in [9.17, 15) is 13.2 Å². The Kier molecular flexibility index (Phi) is 3.95. The van der Waals surface area contributed by atoms with Crippen LogP contribution in [0.25, 0.3) is 0 Å². The molecule has 20 heavy (non-hydrogen) atoms. The van der Waals surface area contributed by atoms with Crippen LogP contribution in [0.2, 0.25) is 0 Å². The zero-order valence-corrected chi connectivity index (χ0v) is 12.0. The van der Waals surface area contributed by atoms with Crippen molar-refractivity contribution in [3.05, 3.63) is 24.0 Å². The molecule has 6 heteroatoms. The van der Waals surface area contributed by atoms with Gasteiger partial charge >= 0.3 is 6.18 Å². The van der Waals surface area contributed by atoms with Gasteiger partial charge in [0.2, 0.25) is 0 Å². The van der Waals surface area contributed by atoms with Gasteiger partial charge in [-0.3, -0.25) is 4.98 Å². The molecule has 1 aliphatic rings. The average Bonchev–Trinajstić information content (AvgIpc) is 2.37. The molecular formula is C14H20F3N3. The van der Waals surface area contributed by atoms with Crippen molar-refractivity contribution in [3.63, 3.8) is 0 Å². The number of hydrogen-bond donors (Lipinski definition) is 1. The van der Waals surface area contributed by atoms with Gasteiger partial charge in [-0.15, -0.1) is 0 Å². The lowest BCUT2D eigenvalue weighted by atomic mass is 9.91. The molecule has 1 aromatic rings. The standard InChI is InChI=1S/C14H20F3N3/c1-13(2,3)11-5-4-10(8-19-11)20-7-6-18-9-12(20)14(15,16)17/h4-5,8,12,18H,6-7,9H2,1-3H3. The van der Waals surface area contributed by atoms with Crippen molar-refractivity contribution in [2.45, 2.75) is 38.4 Å². The Morgan fingerprint density at radius 2 is 1.95 bits per heavy atom. The first-order valence-corrected chi connectivity index (χ1v) is 6.70. The molecule has 1 aliphatic heterocycles. The Labute approximate surface area is 117 Å². The van der Waals surface area contributed by atoms with E-state index in [0.717, 1.165) is 5.69 Å². The van der Waals surface area contributed by atoms with Crippen molar-refractivity contribution in [3.8, 4) is 0 Å². The van der Waals surface area contributed by atoms with Crippen molar-refractivity contribution in [1.29, 1.82) is 0 Å². The minimum atomic E-state index is -4.24. The number of nitrogens with one attached hydrogen (secondary N) is 1. The van der Waals surface area contributed by atoms with E-state index in [0.29, 0.717) is 18.8 Å². The number of hydrogen-bond acceptors (Lipinski definition) is 3. The summed E-state index contributed by atoms with van der Waals surface area (Å²) in [6.07, 6.45) is -2.69. The van der Waals surface area contributed by atoms with E-state index < -0.39 is 12.2 Å². The van der Waals surface area contributed by atoms with Gasteiger partial charge in [0.15, 0.2) is 0 Å². The molecule has 0 radical (unpaired) electrons. The highest BCUT2D eigenvalue weighted by Crippen LogP contribution is 2.30. The lowest BCUT2D eigenvalue weighted by molar-refractivity contribution is -0.149. The van der Waals surface area contributed by atoms with Gasteiger partial charge in [-0.2, -0.15) is 13.2 Å². The molecule has 0 amide bonds. The van der Waals surface area contributed by atoms with Gasteiger partial charge in [0.1, 0.15) is 6.04 Å². The Bertz CT molecular complexity index is 448. The van der Waals surface area contributed by atoms with Crippen LogP contribution in [-0.4, -0.2) is 36.8 Å². The molecule has 1 aromatic heterocycles. The fourth-order valence-corrected chi connectivity index (χ4v) is 2.31. The van der Waals surface area contributed by atoms with Crippen LogP contribution in [0.1, 0.15) is 26.5 Å². The second-order valence-electron chi connectivity index (χ2n) is 6.11. The van der Waals surface area contributed by atoms with E-state index in [2.05, 4.69) is 10.3 Å². The summed E-state index contributed by atoms with van der Waals surface area (Å²) in [6, 6.07) is 2.06. The second-order valence-corrected chi connectivity index (χ2v) is 6.11. The van der Waals surface area contributed by atoms with Gasteiger partial charge in [0, 0.05) is 30.7 Å². The second kappa shape index (κ2) is 5.24. The van der Waals surface area contributed by atoms with E-state index in [1.54, 1.807) is 12.3 Å². The SMILES string of the molecule is CC(C)(C)c1ccc(N2CCNCC2C(F)(F)F)cn1. The number of rotatable bonds is 1. The summed E-state index contributed by atoms with van der Waals surface area (Å²) in [5.74, 6) is 0. The summed E-state index contributed by atoms with van der Waals surface area (Å²) in [5.41, 5.74) is 1.30. The fraction of sp³-hybridized carbons (Fsp3) is 0.643. The summed E-state index contributed by atoms with van der Waals surface area (Å²) < 4.78 is 39.1. The molecule has 3 nitrogen and oxygen atoms in total. The number of anilines is 1. The Hall–Kier alpha value is -1.30. The zero-order valence-electron chi connectivity index (χ0n) is 12.0. The van der Waals surface area contributed by atoms with Gasteiger partial charge < -0.3 is 10.2 Å². The van der Waals surface area contributed by atoms with Crippen molar-refractivity contribution < 1.29 is 13.2 Å². The Balaban J connectivity index is 2.25. The first-order chi connectivity index (χ1) is 9.19. The first-order valence-electron chi connectivity index (χ1n) is 6.70. The van der Waals surface area contributed by atoms with E-state index in [1.807, 2.05) is 26.8 Å². The van der Waals surface area contributed by atoms with Crippen LogP contribution in [0.4, 0.5) is 18.9 Å². The van der Waals surface area contributed by atoms with E-state index >= 15 is 0 Å². The van der Waals surface area contributed by atoms with Crippen LogP contribution < -0.4 is 10.2 Å². The molecular weight excluding hydrogens is 267 g/mol. The largest absolute Gasteiger partial charge is 0.409 e. The zero-order chi connectivity index (χ0) is 15.0. The molecule has 1 atom stereocenters. The van der Waals surface area contributed by atoms with Gasteiger partial charge in [-0.25, -0.2) is 0 Å². The molecule has 2 heterocycles. The molecule has 0 aliphatic carbocycles. The number of pyridine rings is 1. The van der Waals surface area contributed by atoms with Gasteiger partial charge in [0.25, 0.3) is 0 Å². The summed E-state index contributed by atoms with van der Waals surface area (Å²) in [5, 5.41) is 2.79. The quantitative estimate of drug-likeness (QED) is 0.861. The highest BCUT2D eigenvalue weighted by molar-refractivity contribution is 5.47. The van der Waals surface area contributed by atoms with Crippen molar-refractivity contribution >= 4 is 5.69 Å². The number of piperazine rings is 1. The van der Waals surface area contributed by atoms with Crippen molar-refractivity contribution in [2.24, 2.45) is 0 Å². The van der Waals surface area contributed by atoms with Crippen LogP contribution in [0.3, 0.4) is 0 Å². The normalized spacial score (nSPS) is 21.1. The Morgan fingerprint density at radius 1 is 1.25 bits per heavy atom. The van der Waals surface area contributed by atoms with Gasteiger partial charge in [0.05, 0.1) is 11.9 Å². The van der Waals surface area contributed by atoms with Crippen LogP contribution in [-0.2, 0) is 5.41 Å². The highest BCUT2D eigenvalue weighted by atomic mass is 19.4. The number of aromatic nitrogens is 1. The monoisotopic (exact) mass is 287 g/mol. The van der Waals surface area contributed by atoms with Crippen LogP contribution in [0, 0.1) is 0 Å². The number of alkyl halides is 3. The van der Waals surface area contributed by atoms with Crippen LogP contribution in [0.15, 0.2) is 18.3 Å². The summed E-state index contributed by atoms with van der Waals surface area (Å²) in [6.45, 7) is 6.88. The molecule has 112 valence electrons. The molecule has 0 saturated carbocycles. The molecule has 1 N–H and O–H groups in total. The van der Waals surface area contributed by atoms with E-state index in [1.165, 1.54) is 4.90 Å². The molecule has 1 saturated heterocycles. The van der Waals surface area contributed by atoms with Crippen molar-refractivity contribution in [2.75, 3.05) is 24.5 Å². The predicted molar refractivity (Wildman–Crippen MR) is 73.0 cm³/mol. The maximum absolute atomic E-state index is 13.0. The van der Waals surface area contributed by atoms with Crippen molar-refractivity contribution in [1.82, 2.24) is 10.3 Å². The van der Waals surface area contributed by atoms with Gasteiger partial charge in [-0.05, 0) is 12.1 Å². The molecule has 1 fully saturated rings. The third kappa shape index (κ3) is 3.23. The minimum absolute atomic E-state index is 0.0788. The predicted octanol–water partition coefficient (Wildman–Crippen LogP) is 2.72. The molecule has 2 rings (SSSR count). The van der Waals surface area contributed by atoms with Crippen LogP contribution >= 0.6 is 0 Å². The fourth-order valence-electron chi connectivity index (χ4n) is 2.31. The van der Waals surface area contributed by atoms with E-state index in [-0.39, 0.29) is 12.0 Å². The highest BCUT2D eigenvalue weighted by Gasteiger charge is 2.44. The van der Waals surface area contributed by atoms with Gasteiger partial charge in [-0.1, -0.05) is 20.8 Å². The summed E-state index contributed by atoms with van der Waals surface area (Å²) in [4.78, 5) is 5.70. The van der Waals surface area contributed by atoms with E-state index in [4.69, 9.17) is 0 Å². The number of nitrogens with zero attached hydrogens (tertiary/aromatic N) is 2. The molecule has 0 bridgehead atoms. The first kappa shape index (κ1) is 15.1. The lowest BCUT2D eigenvalue weighted by Gasteiger charge is -2.38. The molecule has 0 aromatic carbocycles. The minimum Gasteiger partial charge on any atom is -0.356 e. The maximum atomic E-state index is 13.0. The molecule has 1 unspecified atom stereocenters. The summed E-state index contributed by atoms with van der Waals surface area (Å²) in [7, 11) is 0. The Morgan fingerprint density at radius 3 is 2.45 bits per heavy atom.